The van der Waals surface area contributed by atoms with E-state index in [1.54, 1.807) is 0 Å². The second-order valence-electron chi connectivity index (χ2n) is 3.20. The lowest BCUT2D eigenvalue weighted by molar-refractivity contribution is -0.143. The van der Waals surface area contributed by atoms with Crippen molar-refractivity contribution in [2.45, 2.75) is 24.4 Å². The molecule has 1 aliphatic carbocycles. The SMILES string of the molecule is NC1(C(=O)N[C@H](CO)C(=O)O)CC1. The van der Waals surface area contributed by atoms with Gasteiger partial charge in [-0.1, -0.05) is 0 Å². The van der Waals surface area contributed by atoms with Gasteiger partial charge >= 0.3 is 5.97 Å². The first-order valence-corrected chi connectivity index (χ1v) is 3.93. The lowest BCUT2D eigenvalue weighted by Crippen LogP contribution is -2.51. The maximum absolute atomic E-state index is 11.2. The third kappa shape index (κ3) is 2.16. The molecule has 1 amide bonds. The smallest absolute Gasteiger partial charge is 0.328 e. The molecule has 1 aliphatic rings. The number of aliphatic carboxylic acids is 1. The van der Waals surface area contributed by atoms with Crippen LogP contribution in [-0.4, -0.2) is 40.3 Å². The van der Waals surface area contributed by atoms with Gasteiger partial charge in [-0.25, -0.2) is 4.79 Å². The molecule has 1 saturated carbocycles. The second-order valence-corrected chi connectivity index (χ2v) is 3.20. The van der Waals surface area contributed by atoms with E-state index in [2.05, 4.69) is 5.32 Å². The van der Waals surface area contributed by atoms with E-state index in [4.69, 9.17) is 15.9 Å². The summed E-state index contributed by atoms with van der Waals surface area (Å²) >= 11 is 0. The Morgan fingerprint density at radius 3 is 2.38 bits per heavy atom. The van der Waals surface area contributed by atoms with Crippen LogP contribution in [0.4, 0.5) is 0 Å². The van der Waals surface area contributed by atoms with Crippen molar-refractivity contribution in [1.29, 1.82) is 0 Å². The molecule has 6 nitrogen and oxygen atoms in total. The zero-order valence-electron chi connectivity index (χ0n) is 6.99. The molecule has 0 heterocycles. The van der Waals surface area contributed by atoms with Crippen LogP contribution in [0.2, 0.25) is 0 Å². The van der Waals surface area contributed by atoms with Crippen LogP contribution in [0.15, 0.2) is 0 Å². The zero-order valence-corrected chi connectivity index (χ0v) is 6.99. The number of nitrogens with two attached hydrogens (primary N) is 1. The first-order chi connectivity index (χ1) is 5.99. The molecule has 1 fully saturated rings. The fraction of sp³-hybridized carbons (Fsp3) is 0.714. The molecule has 0 aliphatic heterocycles. The standard InChI is InChI=1S/C7H12N2O4/c8-7(1-2-7)6(13)9-4(3-10)5(11)12/h4,10H,1-3,8H2,(H,9,13)(H,11,12)/t4-/m1/s1. The Morgan fingerprint density at radius 2 is 2.08 bits per heavy atom. The lowest BCUT2D eigenvalue weighted by atomic mass is 10.2. The van der Waals surface area contributed by atoms with E-state index in [-0.39, 0.29) is 0 Å². The molecule has 74 valence electrons. The van der Waals surface area contributed by atoms with E-state index >= 15 is 0 Å². The van der Waals surface area contributed by atoms with Gasteiger partial charge in [0.2, 0.25) is 5.91 Å². The Bertz CT molecular complexity index is 237. The summed E-state index contributed by atoms with van der Waals surface area (Å²) in [6.07, 6.45) is 1.13. The number of carboxylic acid groups (broad SMARTS) is 1. The van der Waals surface area contributed by atoms with E-state index in [1.807, 2.05) is 0 Å². The molecule has 0 spiro atoms. The zero-order chi connectivity index (χ0) is 10.1. The van der Waals surface area contributed by atoms with Crippen molar-refractivity contribution >= 4 is 11.9 Å². The van der Waals surface area contributed by atoms with Crippen LogP contribution in [0.1, 0.15) is 12.8 Å². The first-order valence-electron chi connectivity index (χ1n) is 3.93. The minimum atomic E-state index is -1.26. The summed E-state index contributed by atoms with van der Waals surface area (Å²) in [4.78, 5) is 21.6. The number of carboxylic acids is 1. The lowest BCUT2D eigenvalue weighted by Gasteiger charge is -2.14. The molecule has 0 radical (unpaired) electrons. The monoisotopic (exact) mass is 188 g/mol. The van der Waals surface area contributed by atoms with Crippen LogP contribution in [0, 0.1) is 0 Å². The summed E-state index contributed by atoms with van der Waals surface area (Å²) in [5.74, 6) is -1.77. The average molecular weight is 188 g/mol. The van der Waals surface area contributed by atoms with Gasteiger partial charge in [-0.15, -0.1) is 0 Å². The van der Waals surface area contributed by atoms with Crippen LogP contribution in [0.25, 0.3) is 0 Å². The molecule has 0 unspecified atom stereocenters. The number of carbonyl (C=O) groups excluding carboxylic acids is 1. The van der Waals surface area contributed by atoms with Gasteiger partial charge in [-0.3, -0.25) is 4.79 Å². The summed E-state index contributed by atoms with van der Waals surface area (Å²) in [6.45, 7) is -0.628. The van der Waals surface area contributed by atoms with Gasteiger partial charge in [0.1, 0.15) is 6.04 Å². The normalized spacial score (nSPS) is 20.5. The third-order valence-electron chi connectivity index (χ3n) is 2.03. The fourth-order valence-corrected chi connectivity index (χ4v) is 0.849. The quantitative estimate of drug-likeness (QED) is 0.409. The minimum absolute atomic E-state index is 0.506. The fourth-order valence-electron chi connectivity index (χ4n) is 0.849. The Labute approximate surface area is 74.7 Å². The summed E-state index contributed by atoms with van der Waals surface area (Å²) in [6, 6.07) is -1.26. The van der Waals surface area contributed by atoms with Crippen molar-refractivity contribution in [2.75, 3.05) is 6.61 Å². The van der Waals surface area contributed by atoms with Crippen molar-refractivity contribution in [3.63, 3.8) is 0 Å². The molecule has 1 atom stereocenters. The van der Waals surface area contributed by atoms with Crippen LogP contribution in [0.3, 0.4) is 0 Å². The number of hydrogen-bond acceptors (Lipinski definition) is 4. The molecular formula is C7H12N2O4. The highest BCUT2D eigenvalue weighted by Gasteiger charge is 2.46. The van der Waals surface area contributed by atoms with Crippen LogP contribution < -0.4 is 11.1 Å². The number of rotatable bonds is 4. The molecule has 0 aromatic heterocycles. The van der Waals surface area contributed by atoms with Crippen LogP contribution in [0.5, 0.6) is 0 Å². The number of amides is 1. The Morgan fingerprint density at radius 1 is 1.54 bits per heavy atom. The second kappa shape index (κ2) is 3.31. The van der Waals surface area contributed by atoms with Gasteiger partial charge in [0.25, 0.3) is 0 Å². The van der Waals surface area contributed by atoms with Crippen molar-refractivity contribution < 1.29 is 19.8 Å². The summed E-state index contributed by atoms with van der Waals surface area (Å²) in [5, 5.41) is 19.2. The number of nitrogens with one attached hydrogen (secondary N) is 1. The van der Waals surface area contributed by atoms with Gasteiger partial charge in [0.05, 0.1) is 12.1 Å². The molecular weight excluding hydrogens is 176 g/mol. The van der Waals surface area contributed by atoms with Crippen molar-refractivity contribution in [3.05, 3.63) is 0 Å². The third-order valence-corrected chi connectivity index (χ3v) is 2.03. The minimum Gasteiger partial charge on any atom is -0.480 e. The number of aliphatic hydroxyl groups excluding tert-OH is 1. The van der Waals surface area contributed by atoms with E-state index in [1.165, 1.54) is 0 Å². The molecule has 6 heteroatoms. The summed E-state index contributed by atoms with van der Waals surface area (Å²) in [7, 11) is 0. The molecule has 5 N–H and O–H groups in total. The van der Waals surface area contributed by atoms with E-state index in [0.717, 1.165) is 0 Å². The highest BCUT2D eigenvalue weighted by Crippen LogP contribution is 2.32. The predicted molar refractivity (Wildman–Crippen MR) is 42.8 cm³/mol. The number of hydrogen-bond donors (Lipinski definition) is 4. The Balaban J connectivity index is 2.46. The van der Waals surface area contributed by atoms with E-state index in [9.17, 15) is 9.59 Å². The molecule has 0 saturated heterocycles. The molecule has 1 rings (SSSR count). The van der Waals surface area contributed by atoms with E-state index < -0.39 is 30.1 Å². The average Bonchev–Trinajstić information content (AvgIpc) is 2.79. The maximum Gasteiger partial charge on any atom is 0.328 e. The predicted octanol–water partition coefficient (Wildman–Crippen LogP) is -1.96. The topological polar surface area (TPSA) is 113 Å². The first kappa shape index (κ1) is 9.94. The van der Waals surface area contributed by atoms with Gasteiger partial charge in [0, 0.05) is 0 Å². The van der Waals surface area contributed by atoms with Crippen molar-refractivity contribution in [2.24, 2.45) is 5.73 Å². The molecule has 0 aromatic carbocycles. The highest BCUT2D eigenvalue weighted by molar-refractivity contribution is 5.92. The van der Waals surface area contributed by atoms with Gasteiger partial charge in [-0.05, 0) is 12.8 Å². The maximum atomic E-state index is 11.2. The molecule has 0 aromatic rings. The molecule has 0 bridgehead atoms. The largest absolute Gasteiger partial charge is 0.480 e. The summed E-state index contributed by atoms with van der Waals surface area (Å²) < 4.78 is 0. The van der Waals surface area contributed by atoms with E-state index in [0.29, 0.717) is 12.8 Å². The Hall–Kier alpha value is -1.14. The number of aliphatic hydroxyl groups is 1. The Kier molecular flexibility index (Phi) is 2.53. The summed E-state index contributed by atoms with van der Waals surface area (Å²) in [5.41, 5.74) is 4.61. The van der Waals surface area contributed by atoms with Crippen LogP contribution >= 0.6 is 0 Å². The van der Waals surface area contributed by atoms with Gasteiger partial charge in [-0.2, -0.15) is 0 Å². The molecule has 13 heavy (non-hydrogen) atoms. The number of carbonyl (C=O) groups is 2. The highest BCUT2D eigenvalue weighted by atomic mass is 16.4. The van der Waals surface area contributed by atoms with Crippen molar-refractivity contribution in [3.8, 4) is 0 Å². The van der Waals surface area contributed by atoms with Crippen LogP contribution in [-0.2, 0) is 9.59 Å². The van der Waals surface area contributed by atoms with Gasteiger partial charge < -0.3 is 21.3 Å². The van der Waals surface area contributed by atoms with Crippen molar-refractivity contribution in [1.82, 2.24) is 5.32 Å². The van der Waals surface area contributed by atoms with Gasteiger partial charge in [0.15, 0.2) is 0 Å².